The van der Waals surface area contributed by atoms with Crippen molar-refractivity contribution in [3.8, 4) is 0 Å². The molecule has 0 saturated carbocycles. The van der Waals surface area contributed by atoms with Crippen LogP contribution >= 0.6 is 27.7 Å². The molecule has 0 aliphatic rings. The summed E-state index contributed by atoms with van der Waals surface area (Å²) in [6.45, 7) is 0. The first-order valence-corrected chi connectivity index (χ1v) is 6.05. The van der Waals surface area contributed by atoms with Crippen LogP contribution in [0.25, 0.3) is 0 Å². The second-order valence-electron chi connectivity index (χ2n) is 2.67. The first-order valence-electron chi connectivity index (χ1n) is 4.04. The summed E-state index contributed by atoms with van der Waals surface area (Å²) >= 11 is 5.18. The number of thioether (sulfide) groups is 1. The molecule has 3 heteroatoms. The summed E-state index contributed by atoms with van der Waals surface area (Å²) in [6, 6.07) is 6.21. The molecular formula is C10H11BrOS. The smallest absolute Gasteiger partial charge is 0.120 e. The number of rotatable bonds is 4. The molecular weight excluding hydrogens is 248 g/mol. The highest BCUT2D eigenvalue weighted by atomic mass is 79.9. The molecule has 70 valence electrons. The van der Waals surface area contributed by atoms with Crippen molar-refractivity contribution < 1.29 is 4.79 Å². The van der Waals surface area contributed by atoms with Gasteiger partial charge in [0, 0.05) is 15.8 Å². The van der Waals surface area contributed by atoms with E-state index in [0.717, 1.165) is 17.2 Å². The number of halogens is 1. The minimum Gasteiger partial charge on any atom is -0.303 e. The van der Waals surface area contributed by atoms with E-state index in [0.29, 0.717) is 6.42 Å². The topological polar surface area (TPSA) is 17.1 Å². The molecule has 0 heterocycles. The molecule has 1 nitrogen and oxygen atoms in total. The fourth-order valence-corrected chi connectivity index (χ4v) is 2.35. The van der Waals surface area contributed by atoms with E-state index in [1.165, 1.54) is 10.5 Å². The highest BCUT2D eigenvalue weighted by molar-refractivity contribution is 9.10. The number of hydrogen-bond acceptors (Lipinski definition) is 2. The van der Waals surface area contributed by atoms with Crippen molar-refractivity contribution in [2.24, 2.45) is 0 Å². The van der Waals surface area contributed by atoms with E-state index >= 15 is 0 Å². The summed E-state index contributed by atoms with van der Waals surface area (Å²) in [6.07, 6.45) is 4.45. The van der Waals surface area contributed by atoms with Crippen LogP contribution in [0, 0.1) is 0 Å². The Bertz CT molecular complexity index is 299. The largest absolute Gasteiger partial charge is 0.303 e. The first-order chi connectivity index (χ1) is 6.27. The summed E-state index contributed by atoms with van der Waals surface area (Å²) in [7, 11) is 0. The van der Waals surface area contributed by atoms with Gasteiger partial charge in [0.25, 0.3) is 0 Å². The molecule has 0 aliphatic carbocycles. The van der Waals surface area contributed by atoms with Crippen LogP contribution in [0.5, 0.6) is 0 Å². The molecule has 1 aromatic rings. The second kappa shape index (κ2) is 5.45. The average molecular weight is 259 g/mol. The Balaban J connectivity index is 2.79. The number of carbonyl (C=O) groups excluding carboxylic acids is 1. The minimum atomic E-state index is 0.607. The average Bonchev–Trinajstić information content (AvgIpc) is 2.16. The third kappa shape index (κ3) is 3.16. The number of aryl methyl sites for hydroxylation is 1. The lowest BCUT2D eigenvalue weighted by molar-refractivity contribution is -0.107. The second-order valence-corrected chi connectivity index (χ2v) is 4.38. The van der Waals surface area contributed by atoms with E-state index in [1.54, 1.807) is 11.8 Å². The molecule has 0 unspecified atom stereocenters. The van der Waals surface area contributed by atoms with Crippen molar-refractivity contribution in [3.63, 3.8) is 0 Å². The summed E-state index contributed by atoms with van der Waals surface area (Å²) in [5, 5.41) is 0. The molecule has 0 N–H and O–H groups in total. The fourth-order valence-electron chi connectivity index (χ4n) is 1.09. The van der Waals surface area contributed by atoms with Crippen LogP contribution in [-0.4, -0.2) is 12.5 Å². The van der Waals surface area contributed by atoms with Gasteiger partial charge in [-0.2, -0.15) is 0 Å². The molecule has 0 bridgehead atoms. The molecule has 1 aromatic carbocycles. The van der Waals surface area contributed by atoms with Crippen molar-refractivity contribution in [1.82, 2.24) is 0 Å². The van der Waals surface area contributed by atoms with E-state index in [4.69, 9.17) is 0 Å². The highest BCUT2D eigenvalue weighted by Crippen LogP contribution is 2.26. The lowest BCUT2D eigenvalue weighted by Crippen LogP contribution is -1.86. The van der Waals surface area contributed by atoms with Crippen LogP contribution in [0.15, 0.2) is 27.6 Å². The van der Waals surface area contributed by atoms with E-state index < -0.39 is 0 Å². The summed E-state index contributed by atoms with van der Waals surface area (Å²) < 4.78 is 1.12. The zero-order valence-electron chi connectivity index (χ0n) is 7.42. The monoisotopic (exact) mass is 258 g/mol. The van der Waals surface area contributed by atoms with Gasteiger partial charge in [0.05, 0.1) is 0 Å². The van der Waals surface area contributed by atoms with Crippen LogP contribution in [0.4, 0.5) is 0 Å². The summed E-state index contributed by atoms with van der Waals surface area (Å²) in [5.41, 5.74) is 1.22. The molecule has 0 aliphatic heterocycles. The highest BCUT2D eigenvalue weighted by Gasteiger charge is 1.99. The van der Waals surface area contributed by atoms with Gasteiger partial charge < -0.3 is 4.79 Å². The van der Waals surface area contributed by atoms with Crippen molar-refractivity contribution in [3.05, 3.63) is 28.2 Å². The molecule has 0 aromatic heterocycles. The molecule has 0 saturated heterocycles. The molecule has 1 rings (SSSR count). The Morgan fingerprint density at radius 3 is 2.92 bits per heavy atom. The van der Waals surface area contributed by atoms with Crippen molar-refractivity contribution >= 4 is 34.0 Å². The van der Waals surface area contributed by atoms with Crippen LogP contribution in [-0.2, 0) is 11.2 Å². The predicted molar refractivity (Wildman–Crippen MR) is 60.3 cm³/mol. The van der Waals surface area contributed by atoms with E-state index in [9.17, 15) is 4.79 Å². The first kappa shape index (κ1) is 10.8. The normalized spacial score (nSPS) is 10.0. The number of benzene rings is 1. The molecule has 0 atom stereocenters. The third-order valence-electron chi connectivity index (χ3n) is 1.77. The third-order valence-corrected chi connectivity index (χ3v) is 3.50. The van der Waals surface area contributed by atoms with Gasteiger partial charge in [0.1, 0.15) is 6.29 Å². The maximum absolute atomic E-state index is 10.2. The Hall–Kier alpha value is -0.280. The molecule has 0 fully saturated rings. The number of hydrogen-bond donors (Lipinski definition) is 0. The molecule has 13 heavy (non-hydrogen) atoms. The van der Waals surface area contributed by atoms with Gasteiger partial charge in [0.15, 0.2) is 0 Å². The van der Waals surface area contributed by atoms with Gasteiger partial charge in [-0.3, -0.25) is 0 Å². The van der Waals surface area contributed by atoms with Crippen LogP contribution < -0.4 is 0 Å². The summed E-state index contributed by atoms with van der Waals surface area (Å²) in [4.78, 5) is 11.4. The maximum atomic E-state index is 10.2. The van der Waals surface area contributed by atoms with Gasteiger partial charge in [0.2, 0.25) is 0 Å². The van der Waals surface area contributed by atoms with E-state index in [2.05, 4.69) is 22.0 Å². The summed E-state index contributed by atoms with van der Waals surface area (Å²) in [5.74, 6) is 0. The Kier molecular flexibility index (Phi) is 4.53. The SMILES string of the molecule is CSc1cc(CCC=O)ccc1Br. The van der Waals surface area contributed by atoms with Gasteiger partial charge in [-0.25, -0.2) is 0 Å². The van der Waals surface area contributed by atoms with Gasteiger partial charge in [-0.1, -0.05) is 6.07 Å². The Labute approximate surface area is 91.0 Å². The van der Waals surface area contributed by atoms with E-state index in [-0.39, 0.29) is 0 Å². The van der Waals surface area contributed by atoms with Crippen molar-refractivity contribution in [2.45, 2.75) is 17.7 Å². The lowest BCUT2D eigenvalue weighted by atomic mass is 10.1. The van der Waals surface area contributed by atoms with Crippen molar-refractivity contribution in [1.29, 1.82) is 0 Å². The van der Waals surface area contributed by atoms with Gasteiger partial charge in [-0.15, -0.1) is 11.8 Å². The van der Waals surface area contributed by atoms with E-state index in [1.807, 2.05) is 18.4 Å². The quantitative estimate of drug-likeness (QED) is 0.609. The zero-order valence-corrected chi connectivity index (χ0v) is 9.82. The Morgan fingerprint density at radius 2 is 2.31 bits per heavy atom. The molecule has 0 amide bonds. The van der Waals surface area contributed by atoms with Gasteiger partial charge in [-0.05, 0) is 46.3 Å². The molecule has 0 radical (unpaired) electrons. The lowest BCUT2D eigenvalue weighted by Gasteiger charge is -2.03. The van der Waals surface area contributed by atoms with Gasteiger partial charge >= 0.3 is 0 Å². The fraction of sp³-hybridized carbons (Fsp3) is 0.300. The minimum absolute atomic E-state index is 0.607. The Morgan fingerprint density at radius 1 is 1.54 bits per heavy atom. The molecule has 0 spiro atoms. The maximum Gasteiger partial charge on any atom is 0.120 e. The van der Waals surface area contributed by atoms with Crippen LogP contribution in [0.2, 0.25) is 0 Å². The standard InChI is InChI=1S/C10H11BrOS/c1-13-10-7-8(3-2-6-12)4-5-9(10)11/h4-7H,2-3H2,1H3. The number of aldehydes is 1. The zero-order chi connectivity index (χ0) is 9.68. The van der Waals surface area contributed by atoms with Crippen molar-refractivity contribution in [2.75, 3.05) is 6.26 Å². The van der Waals surface area contributed by atoms with Crippen LogP contribution in [0.1, 0.15) is 12.0 Å². The van der Waals surface area contributed by atoms with Crippen LogP contribution in [0.3, 0.4) is 0 Å². The number of carbonyl (C=O) groups is 1. The predicted octanol–water partition coefficient (Wildman–Crippen LogP) is 3.30.